The van der Waals surface area contributed by atoms with Crippen LogP contribution in [0.1, 0.15) is 0 Å². The topological polar surface area (TPSA) is 55.8 Å². The van der Waals surface area contributed by atoms with Crippen LogP contribution in [0.3, 0.4) is 0 Å². The van der Waals surface area contributed by atoms with Crippen molar-refractivity contribution >= 4 is 7.82 Å². The molecule has 0 aromatic carbocycles. The molecule has 1 N–H and O–H groups in total. The molecule has 8 heteroatoms. The zero-order chi connectivity index (χ0) is 9.78. The van der Waals surface area contributed by atoms with Gasteiger partial charge in [0.2, 0.25) is 0 Å². The zero-order valence-corrected chi connectivity index (χ0v) is 6.59. The van der Waals surface area contributed by atoms with Crippen molar-refractivity contribution in [2.75, 3.05) is 0 Å². The standard InChI is InChI=1S/C4H6F3O4P/c1-2-10-12(8,9)11-4(7)3(5)6/h2-4H,1H2,(H,8,9). The van der Waals surface area contributed by atoms with Gasteiger partial charge in [0.05, 0.1) is 6.26 Å². The van der Waals surface area contributed by atoms with Gasteiger partial charge in [0.15, 0.2) is 0 Å². The third kappa shape index (κ3) is 4.38. The lowest BCUT2D eigenvalue weighted by Gasteiger charge is -2.12. The summed E-state index contributed by atoms with van der Waals surface area (Å²) in [4.78, 5) is 8.40. The van der Waals surface area contributed by atoms with Gasteiger partial charge in [0, 0.05) is 0 Å². The predicted octanol–water partition coefficient (Wildman–Crippen LogP) is 1.82. The molecule has 0 aliphatic heterocycles. The van der Waals surface area contributed by atoms with Gasteiger partial charge < -0.3 is 4.52 Å². The van der Waals surface area contributed by atoms with Crippen molar-refractivity contribution < 1.29 is 31.7 Å². The van der Waals surface area contributed by atoms with Crippen LogP contribution in [0, 0.1) is 0 Å². The third-order valence-electron chi connectivity index (χ3n) is 0.640. The first-order valence-corrected chi connectivity index (χ1v) is 4.11. The Labute approximate surface area is 66.2 Å². The van der Waals surface area contributed by atoms with Crippen LogP contribution >= 0.6 is 7.82 Å². The van der Waals surface area contributed by atoms with E-state index in [1.807, 2.05) is 0 Å². The molecule has 4 nitrogen and oxygen atoms in total. The van der Waals surface area contributed by atoms with Crippen LogP contribution in [0.15, 0.2) is 12.8 Å². The van der Waals surface area contributed by atoms with E-state index in [4.69, 9.17) is 4.89 Å². The van der Waals surface area contributed by atoms with Crippen LogP contribution in [-0.2, 0) is 13.6 Å². The molecule has 0 spiro atoms. The molecule has 2 unspecified atom stereocenters. The van der Waals surface area contributed by atoms with Gasteiger partial charge in [-0.1, -0.05) is 6.58 Å². The Hall–Kier alpha value is -0.520. The summed E-state index contributed by atoms with van der Waals surface area (Å²) in [6.45, 7) is 2.85. The lowest BCUT2D eigenvalue weighted by atomic mass is 10.7. The summed E-state index contributed by atoms with van der Waals surface area (Å²) in [5.41, 5.74) is 0. The molecule has 0 aliphatic rings. The van der Waals surface area contributed by atoms with E-state index in [0.29, 0.717) is 6.26 Å². The van der Waals surface area contributed by atoms with Crippen molar-refractivity contribution in [3.8, 4) is 0 Å². The number of rotatable bonds is 5. The van der Waals surface area contributed by atoms with Gasteiger partial charge in [0.1, 0.15) is 0 Å². The zero-order valence-electron chi connectivity index (χ0n) is 5.69. The quantitative estimate of drug-likeness (QED) is 0.550. The largest absolute Gasteiger partial charge is 0.529 e. The second-order valence-corrected chi connectivity index (χ2v) is 2.89. The second-order valence-electron chi connectivity index (χ2n) is 1.53. The molecule has 0 saturated carbocycles. The van der Waals surface area contributed by atoms with Gasteiger partial charge in [-0.2, -0.15) is 0 Å². The average molecular weight is 206 g/mol. The van der Waals surface area contributed by atoms with E-state index in [9.17, 15) is 17.7 Å². The van der Waals surface area contributed by atoms with Crippen LogP contribution in [0.25, 0.3) is 0 Å². The maximum Gasteiger partial charge on any atom is 0.529 e. The van der Waals surface area contributed by atoms with Crippen molar-refractivity contribution in [3.63, 3.8) is 0 Å². The fraction of sp³-hybridized carbons (Fsp3) is 0.500. The fourth-order valence-electron chi connectivity index (χ4n) is 0.292. The van der Waals surface area contributed by atoms with Crippen molar-refractivity contribution in [1.29, 1.82) is 0 Å². The summed E-state index contributed by atoms with van der Waals surface area (Å²) in [7, 11) is -4.78. The number of hydrogen-bond donors (Lipinski definition) is 1. The molecule has 0 saturated heterocycles. The Morgan fingerprint density at radius 1 is 1.50 bits per heavy atom. The maximum absolute atomic E-state index is 11.9. The minimum Gasteiger partial charge on any atom is -0.413 e. The number of hydrogen-bond acceptors (Lipinski definition) is 3. The average Bonchev–Trinajstić information content (AvgIpc) is 1.85. The fourth-order valence-corrected chi connectivity index (χ4v) is 0.877. The van der Waals surface area contributed by atoms with Crippen molar-refractivity contribution in [2.45, 2.75) is 12.8 Å². The van der Waals surface area contributed by atoms with Gasteiger partial charge in [-0.3, -0.25) is 4.89 Å². The first kappa shape index (κ1) is 11.5. The minimum absolute atomic E-state index is 0.485. The van der Waals surface area contributed by atoms with Crippen molar-refractivity contribution in [3.05, 3.63) is 12.8 Å². The summed E-state index contributed by atoms with van der Waals surface area (Å²) >= 11 is 0. The molecule has 0 aliphatic carbocycles. The first-order chi connectivity index (χ1) is 5.39. The molecule has 0 aromatic heterocycles. The van der Waals surface area contributed by atoms with E-state index in [1.165, 1.54) is 0 Å². The van der Waals surface area contributed by atoms with E-state index < -0.39 is 20.6 Å². The maximum atomic E-state index is 11.9. The minimum atomic E-state index is -4.78. The SMILES string of the molecule is C=COP(=O)(O)OC(F)C(F)F. The van der Waals surface area contributed by atoms with Gasteiger partial charge in [-0.25, -0.2) is 22.3 Å². The van der Waals surface area contributed by atoms with Crippen LogP contribution in [0.2, 0.25) is 0 Å². The number of halogens is 3. The molecule has 0 aromatic rings. The summed E-state index contributed by atoms with van der Waals surface area (Å²) in [5.74, 6) is 0. The Morgan fingerprint density at radius 3 is 2.33 bits per heavy atom. The van der Waals surface area contributed by atoms with Gasteiger partial charge >= 0.3 is 7.82 Å². The molecule has 0 amide bonds. The van der Waals surface area contributed by atoms with E-state index in [0.717, 1.165) is 0 Å². The molecule has 72 valence electrons. The number of phosphoric ester groups is 1. The molecular weight excluding hydrogens is 200 g/mol. The van der Waals surface area contributed by atoms with Crippen molar-refractivity contribution in [2.24, 2.45) is 0 Å². The van der Waals surface area contributed by atoms with Crippen LogP contribution < -0.4 is 0 Å². The van der Waals surface area contributed by atoms with Gasteiger partial charge in [-0.05, 0) is 0 Å². The summed E-state index contributed by atoms with van der Waals surface area (Å²) in [5, 5.41) is 0. The first-order valence-electron chi connectivity index (χ1n) is 2.62. The molecule has 0 heterocycles. The van der Waals surface area contributed by atoms with E-state index >= 15 is 0 Å². The van der Waals surface area contributed by atoms with E-state index in [2.05, 4.69) is 15.6 Å². The summed E-state index contributed by atoms with van der Waals surface area (Å²) in [6.07, 6.45) is -6.17. The molecule has 0 rings (SSSR count). The number of alkyl halides is 3. The lowest BCUT2D eigenvalue weighted by Crippen LogP contribution is -2.14. The highest BCUT2D eigenvalue weighted by molar-refractivity contribution is 7.47. The van der Waals surface area contributed by atoms with E-state index in [-0.39, 0.29) is 0 Å². The van der Waals surface area contributed by atoms with Crippen molar-refractivity contribution in [1.82, 2.24) is 0 Å². The smallest absolute Gasteiger partial charge is 0.413 e. The Balaban J connectivity index is 4.05. The highest BCUT2D eigenvalue weighted by Crippen LogP contribution is 2.45. The molecular formula is C4H6F3O4P. The van der Waals surface area contributed by atoms with E-state index in [1.54, 1.807) is 0 Å². The monoisotopic (exact) mass is 206 g/mol. The van der Waals surface area contributed by atoms with Gasteiger partial charge in [-0.15, -0.1) is 0 Å². The van der Waals surface area contributed by atoms with Crippen LogP contribution in [0.4, 0.5) is 13.2 Å². The molecule has 0 fully saturated rings. The van der Waals surface area contributed by atoms with Crippen LogP contribution in [-0.4, -0.2) is 17.7 Å². The second kappa shape index (κ2) is 4.49. The van der Waals surface area contributed by atoms with Crippen LogP contribution in [0.5, 0.6) is 0 Å². The molecule has 12 heavy (non-hydrogen) atoms. The Morgan fingerprint density at radius 2 is 2.00 bits per heavy atom. The lowest BCUT2D eigenvalue weighted by molar-refractivity contribution is -0.0797. The Kier molecular flexibility index (Phi) is 4.30. The highest BCUT2D eigenvalue weighted by Gasteiger charge is 2.32. The summed E-state index contributed by atoms with van der Waals surface area (Å²) in [6, 6.07) is 0. The van der Waals surface area contributed by atoms with Gasteiger partial charge in [0.25, 0.3) is 12.8 Å². The predicted molar refractivity (Wildman–Crippen MR) is 33.1 cm³/mol. The molecule has 0 bridgehead atoms. The molecule has 0 radical (unpaired) electrons. The Bertz CT molecular complexity index is 197. The molecule has 2 atom stereocenters. The third-order valence-corrected chi connectivity index (χ3v) is 1.52. The normalized spacial score (nSPS) is 18.4. The number of phosphoric acid groups is 1. The highest BCUT2D eigenvalue weighted by atomic mass is 31.2. The summed E-state index contributed by atoms with van der Waals surface area (Å²) < 4.78 is 52.2.